The van der Waals surface area contributed by atoms with E-state index in [1.807, 2.05) is 13.8 Å². The summed E-state index contributed by atoms with van der Waals surface area (Å²) in [7, 11) is 4.32. The molecule has 4 saturated heterocycles. The predicted octanol–water partition coefficient (Wildman–Crippen LogP) is 6.71. The van der Waals surface area contributed by atoms with Gasteiger partial charge in [0.15, 0.2) is 0 Å². The Morgan fingerprint density at radius 2 is 1.52 bits per heavy atom. The Bertz CT molecular complexity index is 913. The lowest BCUT2D eigenvalue weighted by Gasteiger charge is -2.34. The molecule has 44 heavy (non-hydrogen) atoms. The molecule has 4 rings (SSSR count). The maximum absolute atomic E-state index is 13.7. The number of hydrogen-bond acceptors (Lipinski definition) is 8. The molecular formula is C36H63NO7. The van der Waals surface area contributed by atoms with Crippen LogP contribution in [0.15, 0.2) is 0 Å². The average molecular weight is 622 g/mol. The Kier molecular flexibility index (Phi) is 13.4. The summed E-state index contributed by atoms with van der Waals surface area (Å²) >= 11 is 0. The van der Waals surface area contributed by atoms with Crippen molar-refractivity contribution in [1.29, 1.82) is 0 Å². The fraction of sp³-hybridized carbons (Fsp3) is 0.944. The van der Waals surface area contributed by atoms with Gasteiger partial charge >= 0.3 is 11.9 Å². The molecule has 8 heteroatoms. The highest BCUT2D eigenvalue weighted by atomic mass is 16.6. The number of fused-ring (bicyclic) bond motifs is 4. The molecule has 0 amide bonds. The normalized spacial score (nSPS) is 40.2. The molecular weight excluding hydrogens is 558 g/mol. The molecule has 8 nitrogen and oxygen atoms in total. The fourth-order valence-electron chi connectivity index (χ4n) is 8.21. The van der Waals surface area contributed by atoms with Gasteiger partial charge in [0.2, 0.25) is 0 Å². The third-order valence-electron chi connectivity index (χ3n) is 11.3. The van der Waals surface area contributed by atoms with Gasteiger partial charge in [0.05, 0.1) is 48.5 Å². The largest absolute Gasteiger partial charge is 0.462 e. The molecule has 4 heterocycles. The third kappa shape index (κ3) is 8.77. The molecule has 0 spiro atoms. The van der Waals surface area contributed by atoms with Crippen molar-refractivity contribution in [2.24, 2.45) is 23.7 Å². The first-order valence-electron chi connectivity index (χ1n) is 18.1. The van der Waals surface area contributed by atoms with E-state index in [-0.39, 0.29) is 84.4 Å². The predicted molar refractivity (Wildman–Crippen MR) is 171 cm³/mol. The summed E-state index contributed by atoms with van der Waals surface area (Å²) in [6.45, 7) is 12.7. The van der Waals surface area contributed by atoms with Gasteiger partial charge in [-0.1, -0.05) is 47.5 Å². The Hall–Kier alpha value is -1.22. The minimum atomic E-state index is -0.365. The van der Waals surface area contributed by atoms with Gasteiger partial charge in [0.25, 0.3) is 0 Å². The van der Waals surface area contributed by atoms with Crippen molar-refractivity contribution in [3.63, 3.8) is 0 Å². The van der Waals surface area contributed by atoms with Crippen molar-refractivity contribution in [3.05, 3.63) is 0 Å². The molecule has 0 saturated carbocycles. The van der Waals surface area contributed by atoms with Crippen molar-refractivity contribution in [3.8, 4) is 0 Å². The van der Waals surface area contributed by atoms with Crippen LogP contribution in [-0.2, 0) is 33.3 Å². The summed E-state index contributed by atoms with van der Waals surface area (Å²) in [5.41, 5.74) is 0. The van der Waals surface area contributed by atoms with Crippen LogP contribution in [-0.4, -0.2) is 85.8 Å². The smallest absolute Gasteiger partial charge is 0.311 e. The first-order chi connectivity index (χ1) is 21.1. The van der Waals surface area contributed by atoms with E-state index in [1.54, 1.807) is 0 Å². The van der Waals surface area contributed by atoms with Crippen LogP contribution < -0.4 is 0 Å². The highest BCUT2D eigenvalue weighted by Crippen LogP contribution is 2.39. The van der Waals surface area contributed by atoms with Crippen molar-refractivity contribution in [2.75, 3.05) is 14.1 Å². The van der Waals surface area contributed by atoms with Crippen LogP contribution >= 0.6 is 0 Å². The zero-order chi connectivity index (χ0) is 32.0. The van der Waals surface area contributed by atoms with Gasteiger partial charge in [0, 0.05) is 24.3 Å². The molecule has 0 N–H and O–H groups in total. The average Bonchev–Trinajstić information content (AvgIpc) is 3.77. The van der Waals surface area contributed by atoms with Gasteiger partial charge in [-0.15, -0.1) is 0 Å². The van der Waals surface area contributed by atoms with Crippen molar-refractivity contribution in [1.82, 2.24) is 4.90 Å². The van der Waals surface area contributed by atoms with Crippen LogP contribution in [0.3, 0.4) is 0 Å². The van der Waals surface area contributed by atoms with E-state index in [0.29, 0.717) is 18.9 Å². The van der Waals surface area contributed by atoms with E-state index >= 15 is 0 Å². The van der Waals surface area contributed by atoms with Gasteiger partial charge in [0.1, 0.15) is 12.2 Å². The Balaban J connectivity index is 1.51. The van der Waals surface area contributed by atoms with Gasteiger partial charge in [-0.3, -0.25) is 9.59 Å². The quantitative estimate of drug-likeness (QED) is 0.249. The van der Waals surface area contributed by atoms with Crippen LogP contribution in [0.2, 0.25) is 0 Å². The number of nitrogens with zero attached hydrogens (tertiary/aromatic N) is 1. The molecule has 0 aromatic rings. The summed E-state index contributed by atoms with van der Waals surface area (Å²) in [5.74, 6) is -0.882. The number of ether oxygens (including phenoxy) is 5. The van der Waals surface area contributed by atoms with E-state index in [2.05, 4.69) is 46.7 Å². The second kappa shape index (κ2) is 16.6. The molecule has 4 fully saturated rings. The molecule has 0 unspecified atom stereocenters. The molecule has 0 aromatic carbocycles. The highest BCUT2D eigenvalue weighted by molar-refractivity contribution is 5.73. The minimum Gasteiger partial charge on any atom is -0.462 e. The minimum absolute atomic E-state index is 0.0423. The lowest BCUT2D eigenvalue weighted by atomic mass is 9.90. The van der Waals surface area contributed by atoms with E-state index in [4.69, 9.17) is 23.7 Å². The molecule has 0 aliphatic carbocycles. The Morgan fingerprint density at radius 1 is 0.795 bits per heavy atom. The standard InChI is InChI=1S/C36H63NO7/c1-9-12-25(37(7)8)20-26-14-16-30(40-26)23(5)34-21-27-15-17-33(41-27)28(11-3)36(39)43-29(13-10-2)22(4)31-18-19-32(42-31)24(6)35(38)44-34/h22-34H,9-21H2,1-8H3/t22-,23+,24-,25+,26-,27-,28+,29-,30+,31-,32+,33+,34-/m0/s1. The summed E-state index contributed by atoms with van der Waals surface area (Å²) < 4.78 is 32.4. The van der Waals surface area contributed by atoms with Gasteiger partial charge in [-0.25, -0.2) is 0 Å². The Morgan fingerprint density at radius 3 is 2.20 bits per heavy atom. The number of esters is 2. The summed E-state index contributed by atoms with van der Waals surface area (Å²) in [4.78, 5) is 29.6. The third-order valence-corrected chi connectivity index (χ3v) is 11.3. The zero-order valence-electron chi connectivity index (χ0n) is 29.0. The van der Waals surface area contributed by atoms with Crippen LogP contribution in [0.1, 0.15) is 125 Å². The number of carbonyl (C=O) groups excluding carboxylic acids is 2. The highest BCUT2D eigenvalue weighted by Gasteiger charge is 2.44. The second-order valence-corrected chi connectivity index (χ2v) is 14.7. The number of rotatable bonds is 10. The molecule has 4 bridgehead atoms. The molecule has 254 valence electrons. The summed E-state index contributed by atoms with van der Waals surface area (Å²) in [6.07, 6.45) is 11.0. The molecule has 0 radical (unpaired) electrons. The summed E-state index contributed by atoms with van der Waals surface area (Å²) in [6, 6.07) is 0.512. The Labute approximate surface area is 267 Å². The van der Waals surface area contributed by atoms with Crippen LogP contribution in [0.5, 0.6) is 0 Å². The zero-order valence-corrected chi connectivity index (χ0v) is 29.0. The van der Waals surface area contributed by atoms with Crippen molar-refractivity contribution < 1.29 is 33.3 Å². The fourth-order valence-corrected chi connectivity index (χ4v) is 8.21. The topological polar surface area (TPSA) is 83.5 Å². The van der Waals surface area contributed by atoms with Crippen LogP contribution in [0.25, 0.3) is 0 Å². The maximum atomic E-state index is 13.7. The first-order valence-corrected chi connectivity index (χ1v) is 18.1. The SMILES string of the molecule is CCC[C@H](C[C@@H]1CC[C@H]([C@@H](C)[C@@H]2C[C@@H]3CC[C@@H](O3)[C@@H](CC)C(=O)O[C@@H](CCC)[C@H](C)[C@@H]3CC[C@@H](O3)[C@H](C)C(=O)O2)O1)N(C)C. The van der Waals surface area contributed by atoms with Gasteiger partial charge in [-0.2, -0.15) is 0 Å². The van der Waals surface area contributed by atoms with E-state index in [1.165, 1.54) is 6.42 Å². The lowest BCUT2D eigenvalue weighted by molar-refractivity contribution is -0.172. The summed E-state index contributed by atoms with van der Waals surface area (Å²) in [5, 5.41) is 0. The second-order valence-electron chi connectivity index (χ2n) is 14.7. The van der Waals surface area contributed by atoms with E-state index in [9.17, 15) is 9.59 Å². The van der Waals surface area contributed by atoms with Crippen molar-refractivity contribution >= 4 is 11.9 Å². The maximum Gasteiger partial charge on any atom is 0.311 e. The van der Waals surface area contributed by atoms with E-state index in [0.717, 1.165) is 64.2 Å². The van der Waals surface area contributed by atoms with Gasteiger partial charge < -0.3 is 28.6 Å². The molecule has 13 atom stereocenters. The van der Waals surface area contributed by atoms with Crippen LogP contribution in [0.4, 0.5) is 0 Å². The van der Waals surface area contributed by atoms with Gasteiger partial charge in [-0.05, 0) is 85.2 Å². The molecule has 4 aliphatic heterocycles. The molecule has 4 aliphatic rings. The molecule has 0 aromatic heterocycles. The van der Waals surface area contributed by atoms with E-state index < -0.39 is 0 Å². The number of cyclic esters (lactones) is 2. The first kappa shape index (κ1) is 35.6. The van der Waals surface area contributed by atoms with Crippen LogP contribution in [0, 0.1) is 23.7 Å². The lowest BCUT2D eigenvalue weighted by Crippen LogP contribution is -2.41. The number of carbonyl (C=O) groups is 2. The number of hydrogen-bond donors (Lipinski definition) is 0. The monoisotopic (exact) mass is 621 g/mol. The van der Waals surface area contributed by atoms with Crippen molar-refractivity contribution in [2.45, 2.75) is 180 Å².